The van der Waals surface area contributed by atoms with Crippen molar-refractivity contribution in [3.8, 4) is 11.8 Å². The van der Waals surface area contributed by atoms with Crippen LogP contribution in [0.3, 0.4) is 0 Å². The van der Waals surface area contributed by atoms with E-state index in [0.29, 0.717) is 22.6 Å². The molecule has 25 heavy (non-hydrogen) atoms. The van der Waals surface area contributed by atoms with Gasteiger partial charge in [0.15, 0.2) is 0 Å². The van der Waals surface area contributed by atoms with Crippen molar-refractivity contribution < 1.29 is 9.53 Å². The summed E-state index contributed by atoms with van der Waals surface area (Å²) >= 11 is 0. The van der Waals surface area contributed by atoms with Gasteiger partial charge in [0.1, 0.15) is 12.4 Å². The van der Waals surface area contributed by atoms with Gasteiger partial charge in [-0.2, -0.15) is 5.26 Å². The Morgan fingerprint density at radius 3 is 2.68 bits per heavy atom. The largest absolute Gasteiger partial charge is 0.489 e. The third-order valence-corrected chi connectivity index (χ3v) is 3.57. The Balaban J connectivity index is 1.69. The molecule has 1 aromatic heterocycles. The van der Waals surface area contributed by atoms with Crippen molar-refractivity contribution in [2.45, 2.75) is 6.61 Å². The summed E-state index contributed by atoms with van der Waals surface area (Å²) in [5.41, 5.74) is 2.54. The lowest BCUT2D eigenvalue weighted by molar-refractivity contribution is 0.102. The first-order chi connectivity index (χ1) is 12.3. The fourth-order valence-corrected chi connectivity index (χ4v) is 2.28. The molecule has 0 saturated carbocycles. The molecule has 0 bridgehead atoms. The fourth-order valence-electron chi connectivity index (χ4n) is 2.28. The lowest BCUT2D eigenvalue weighted by atomic mass is 10.1. The molecule has 0 aliphatic rings. The van der Waals surface area contributed by atoms with E-state index in [1.165, 1.54) is 0 Å². The molecule has 0 saturated heterocycles. The maximum atomic E-state index is 12.3. The first-order valence-corrected chi connectivity index (χ1v) is 7.68. The molecule has 0 spiro atoms. The number of anilines is 1. The highest BCUT2D eigenvalue weighted by Crippen LogP contribution is 2.17. The number of nitriles is 1. The molecule has 3 aromatic rings. The van der Waals surface area contributed by atoms with Gasteiger partial charge < -0.3 is 10.1 Å². The Bertz CT molecular complexity index is 917. The number of pyridine rings is 1. The molecule has 0 aliphatic heterocycles. The van der Waals surface area contributed by atoms with E-state index in [-0.39, 0.29) is 12.5 Å². The number of nitrogens with one attached hydrogen (secondary N) is 1. The van der Waals surface area contributed by atoms with Crippen LogP contribution >= 0.6 is 0 Å². The van der Waals surface area contributed by atoms with Crippen LogP contribution in [0.2, 0.25) is 0 Å². The van der Waals surface area contributed by atoms with Gasteiger partial charge >= 0.3 is 0 Å². The maximum Gasteiger partial charge on any atom is 0.255 e. The average molecular weight is 329 g/mol. The zero-order valence-corrected chi connectivity index (χ0v) is 13.3. The molecule has 3 rings (SSSR count). The van der Waals surface area contributed by atoms with Crippen LogP contribution in [0.4, 0.5) is 5.69 Å². The summed E-state index contributed by atoms with van der Waals surface area (Å²) in [6.07, 6.45) is 3.23. The zero-order valence-electron chi connectivity index (χ0n) is 13.3. The van der Waals surface area contributed by atoms with Crippen LogP contribution in [-0.4, -0.2) is 10.9 Å². The van der Waals surface area contributed by atoms with E-state index in [0.717, 1.165) is 5.56 Å². The minimum Gasteiger partial charge on any atom is -0.489 e. The topological polar surface area (TPSA) is 75.0 Å². The summed E-state index contributed by atoms with van der Waals surface area (Å²) in [6.45, 7) is 0.263. The molecular formula is C20H15N3O2. The molecular weight excluding hydrogens is 314 g/mol. The molecule has 0 unspecified atom stereocenters. The summed E-state index contributed by atoms with van der Waals surface area (Å²) in [5.74, 6) is 0.337. The highest BCUT2D eigenvalue weighted by Gasteiger charge is 2.08. The van der Waals surface area contributed by atoms with Crippen LogP contribution in [0.5, 0.6) is 5.75 Å². The number of aromatic nitrogens is 1. The highest BCUT2D eigenvalue weighted by molar-refractivity contribution is 6.04. The van der Waals surface area contributed by atoms with Crippen molar-refractivity contribution >= 4 is 11.6 Å². The molecule has 1 amide bonds. The van der Waals surface area contributed by atoms with E-state index < -0.39 is 0 Å². The number of amides is 1. The summed E-state index contributed by atoms with van der Waals surface area (Å²) in [6, 6.07) is 19.8. The minimum absolute atomic E-state index is 0.228. The summed E-state index contributed by atoms with van der Waals surface area (Å²) < 4.78 is 5.73. The smallest absolute Gasteiger partial charge is 0.255 e. The van der Waals surface area contributed by atoms with Crippen molar-refractivity contribution in [2.24, 2.45) is 0 Å². The van der Waals surface area contributed by atoms with Crippen molar-refractivity contribution in [3.63, 3.8) is 0 Å². The standard InChI is InChI=1S/C20H15N3O2/c21-13-16-4-1-2-5-17(16)14-25-19-7-3-6-15(12-19)20(24)23-18-8-10-22-11-9-18/h1-12H,14H2,(H,22,23,24). The van der Waals surface area contributed by atoms with Crippen LogP contribution in [0.1, 0.15) is 21.5 Å². The molecule has 122 valence electrons. The van der Waals surface area contributed by atoms with Gasteiger partial charge in [0.2, 0.25) is 0 Å². The Morgan fingerprint density at radius 2 is 1.88 bits per heavy atom. The van der Waals surface area contributed by atoms with Gasteiger partial charge in [-0.05, 0) is 36.4 Å². The lowest BCUT2D eigenvalue weighted by Gasteiger charge is -2.09. The molecule has 0 aliphatic carbocycles. The summed E-state index contributed by atoms with van der Waals surface area (Å²) in [5, 5.41) is 11.9. The van der Waals surface area contributed by atoms with Crippen molar-refractivity contribution in [1.29, 1.82) is 5.26 Å². The second kappa shape index (κ2) is 7.75. The van der Waals surface area contributed by atoms with E-state index in [1.54, 1.807) is 54.9 Å². The first kappa shape index (κ1) is 16.2. The Kier molecular flexibility index (Phi) is 5.03. The molecule has 2 aromatic carbocycles. The van der Waals surface area contributed by atoms with Crippen molar-refractivity contribution in [1.82, 2.24) is 4.98 Å². The molecule has 0 atom stereocenters. The lowest BCUT2D eigenvalue weighted by Crippen LogP contribution is -2.12. The minimum atomic E-state index is -0.228. The SMILES string of the molecule is N#Cc1ccccc1COc1cccc(C(=O)Nc2ccncc2)c1. The third-order valence-electron chi connectivity index (χ3n) is 3.57. The van der Waals surface area contributed by atoms with Gasteiger partial charge in [-0.25, -0.2) is 0 Å². The fraction of sp³-hybridized carbons (Fsp3) is 0.0500. The Labute approximate surface area is 145 Å². The second-order valence-corrected chi connectivity index (χ2v) is 5.28. The van der Waals surface area contributed by atoms with E-state index in [9.17, 15) is 4.79 Å². The van der Waals surface area contributed by atoms with Crippen LogP contribution < -0.4 is 10.1 Å². The number of carbonyl (C=O) groups excluding carboxylic acids is 1. The normalized spacial score (nSPS) is 9.88. The molecule has 0 fully saturated rings. The van der Waals surface area contributed by atoms with Gasteiger partial charge in [-0.3, -0.25) is 9.78 Å². The van der Waals surface area contributed by atoms with E-state index in [4.69, 9.17) is 10.00 Å². The number of hydrogen-bond acceptors (Lipinski definition) is 4. The molecule has 5 nitrogen and oxygen atoms in total. The number of nitrogens with zero attached hydrogens (tertiary/aromatic N) is 2. The Hall–Kier alpha value is -3.65. The Morgan fingerprint density at radius 1 is 1.08 bits per heavy atom. The van der Waals surface area contributed by atoms with Crippen LogP contribution in [0, 0.1) is 11.3 Å². The molecule has 0 radical (unpaired) electrons. The van der Waals surface area contributed by atoms with Crippen molar-refractivity contribution in [2.75, 3.05) is 5.32 Å². The third kappa shape index (κ3) is 4.21. The van der Waals surface area contributed by atoms with Gasteiger partial charge in [0.05, 0.1) is 11.6 Å². The highest BCUT2D eigenvalue weighted by atomic mass is 16.5. The molecule has 1 N–H and O–H groups in total. The number of carbonyl (C=O) groups is 1. The van der Waals surface area contributed by atoms with Gasteiger partial charge in [-0.15, -0.1) is 0 Å². The van der Waals surface area contributed by atoms with E-state index >= 15 is 0 Å². The van der Waals surface area contributed by atoms with E-state index in [2.05, 4.69) is 16.4 Å². The predicted octanol–water partition coefficient (Wildman–Crippen LogP) is 3.78. The van der Waals surface area contributed by atoms with Crippen LogP contribution in [0.25, 0.3) is 0 Å². The number of benzene rings is 2. The van der Waals surface area contributed by atoms with E-state index in [1.807, 2.05) is 18.2 Å². The molecule has 1 heterocycles. The maximum absolute atomic E-state index is 12.3. The van der Waals surface area contributed by atoms with Gasteiger partial charge in [0.25, 0.3) is 5.91 Å². The molecule has 5 heteroatoms. The van der Waals surface area contributed by atoms with Crippen LogP contribution in [0.15, 0.2) is 73.1 Å². The van der Waals surface area contributed by atoms with Gasteiger partial charge in [-0.1, -0.05) is 24.3 Å². The number of rotatable bonds is 5. The zero-order chi connectivity index (χ0) is 17.5. The summed E-state index contributed by atoms with van der Waals surface area (Å²) in [4.78, 5) is 16.2. The predicted molar refractivity (Wildman–Crippen MR) is 94.1 cm³/mol. The monoisotopic (exact) mass is 329 g/mol. The van der Waals surface area contributed by atoms with Crippen molar-refractivity contribution in [3.05, 3.63) is 89.7 Å². The number of ether oxygens (including phenoxy) is 1. The average Bonchev–Trinajstić information content (AvgIpc) is 2.67. The number of hydrogen-bond donors (Lipinski definition) is 1. The quantitative estimate of drug-likeness (QED) is 0.773. The second-order valence-electron chi connectivity index (χ2n) is 5.28. The van der Waals surface area contributed by atoms with Crippen LogP contribution in [-0.2, 0) is 6.61 Å². The van der Waals surface area contributed by atoms with Gasteiger partial charge in [0, 0.05) is 29.2 Å². The first-order valence-electron chi connectivity index (χ1n) is 7.68. The summed E-state index contributed by atoms with van der Waals surface area (Å²) in [7, 11) is 0.